The van der Waals surface area contributed by atoms with Crippen LogP contribution in [0.3, 0.4) is 0 Å². The zero-order valence-electron chi connectivity index (χ0n) is 12.1. The van der Waals surface area contributed by atoms with Gasteiger partial charge in [0.25, 0.3) is 10.1 Å². The summed E-state index contributed by atoms with van der Waals surface area (Å²) in [7, 11) is 10.2. The lowest BCUT2D eigenvalue weighted by Gasteiger charge is -2.37. The molecule has 0 atom stereocenters. The zero-order chi connectivity index (χ0) is 19.8. The summed E-state index contributed by atoms with van der Waals surface area (Å²) < 4.78 is 114. The molecule has 0 aliphatic rings. The lowest BCUT2D eigenvalue weighted by atomic mass is 9.81. The smallest absolute Gasteiger partial charge is 0.438 e. The van der Waals surface area contributed by atoms with Crippen LogP contribution in [0, 0.1) is 0 Å². The molecule has 6 radical (unpaired) electrons. The minimum Gasteiger partial charge on any atom is -0.468 e. The maximum absolute atomic E-state index is 13.2. The Hall–Kier alpha value is -1.30. The van der Waals surface area contributed by atoms with Crippen molar-refractivity contribution in [1.82, 2.24) is 0 Å². The number of hydrogen-bond acceptors (Lipinski definition) is 3. The van der Waals surface area contributed by atoms with Gasteiger partial charge in [-0.25, -0.2) is 0 Å². The van der Waals surface area contributed by atoms with E-state index < -0.39 is 56.9 Å². The molecule has 1 aromatic rings. The molecule has 0 unspecified atom stereocenters. The van der Waals surface area contributed by atoms with Crippen LogP contribution in [0.15, 0.2) is 12.1 Å². The van der Waals surface area contributed by atoms with Gasteiger partial charge in [-0.1, -0.05) is 29.4 Å². The number of rotatable bonds is 5. The van der Waals surface area contributed by atoms with Crippen LogP contribution in [0.2, 0.25) is 0 Å². The summed E-state index contributed by atoms with van der Waals surface area (Å²) >= 11 is 0. The van der Waals surface area contributed by atoms with Gasteiger partial charge in [-0.3, -0.25) is 4.55 Å². The average Bonchev–Trinajstić information content (AvgIpc) is 2.36. The molecule has 0 spiro atoms. The normalized spacial score (nSPS) is 13.7. The minimum atomic E-state index is -6.28. The lowest BCUT2D eigenvalue weighted by Crippen LogP contribution is -2.65. The first-order valence-corrected chi connectivity index (χ1v) is 7.80. The number of benzene rings is 1. The maximum atomic E-state index is 13.2. The third-order valence-electron chi connectivity index (χ3n) is 3.01. The van der Waals surface area contributed by atoms with Crippen molar-refractivity contribution in [2.45, 2.75) is 24.3 Å². The summed E-state index contributed by atoms with van der Waals surface area (Å²) in [5, 5.41) is 0. The Morgan fingerprint density at radius 3 is 1.88 bits per heavy atom. The topological polar surface area (TPSA) is 63.6 Å². The van der Waals surface area contributed by atoms with Crippen LogP contribution in [0.4, 0.5) is 26.3 Å². The number of halogens is 6. The van der Waals surface area contributed by atoms with E-state index >= 15 is 0 Å². The molecule has 1 rings (SSSR count). The molecule has 0 aliphatic carbocycles. The second-order valence-corrected chi connectivity index (χ2v) is 6.41. The Kier molecular flexibility index (Phi) is 5.90. The molecule has 0 saturated heterocycles. The van der Waals surface area contributed by atoms with E-state index in [1.165, 1.54) is 0 Å². The van der Waals surface area contributed by atoms with Crippen molar-refractivity contribution >= 4 is 44.6 Å². The van der Waals surface area contributed by atoms with Gasteiger partial charge >= 0.3 is 18.0 Å². The predicted octanol–water partition coefficient (Wildman–Crippen LogP) is 0.0727. The number of hydrogen-bond donors (Lipinski definition) is 1. The van der Waals surface area contributed by atoms with Crippen LogP contribution in [0.1, 0.15) is 5.56 Å². The summed E-state index contributed by atoms with van der Waals surface area (Å²) in [6.07, 6.45) is -13.2. The van der Waals surface area contributed by atoms with Crippen LogP contribution >= 0.6 is 0 Å². The zero-order valence-corrected chi connectivity index (χ0v) is 13.0. The Balaban J connectivity index is 3.72. The van der Waals surface area contributed by atoms with E-state index in [2.05, 4.69) is 4.74 Å². The van der Waals surface area contributed by atoms with Crippen molar-refractivity contribution in [3.8, 4) is 5.75 Å². The first-order chi connectivity index (χ1) is 11.0. The molecule has 25 heavy (non-hydrogen) atoms. The fourth-order valence-corrected chi connectivity index (χ4v) is 2.82. The van der Waals surface area contributed by atoms with Gasteiger partial charge in [-0.2, -0.15) is 34.8 Å². The Morgan fingerprint density at radius 1 is 1.04 bits per heavy atom. The largest absolute Gasteiger partial charge is 0.468 e. The van der Waals surface area contributed by atoms with E-state index in [0.29, 0.717) is 0 Å². The molecule has 0 fully saturated rings. The standard InChI is InChI=1S/C11H7B3F6O4S/c12-3-5-1-6(13)2-7(14)8(5)24-9(10(15,16)17,11(18,19)20)4-25(21,22)23/h1-2H,3-4H2,(H,21,22,23). The first kappa shape index (κ1) is 21.7. The van der Waals surface area contributed by atoms with Crippen molar-refractivity contribution in [2.24, 2.45) is 0 Å². The van der Waals surface area contributed by atoms with Crippen LogP contribution < -0.4 is 15.7 Å². The van der Waals surface area contributed by atoms with E-state index in [1.807, 2.05) is 0 Å². The van der Waals surface area contributed by atoms with Crippen molar-refractivity contribution in [2.75, 3.05) is 5.75 Å². The van der Waals surface area contributed by atoms with Gasteiger partial charge in [0, 0.05) is 0 Å². The van der Waals surface area contributed by atoms with Crippen molar-refractivity contribution in [1.29, 1.82) is 0 Å². The van der Waals surface area contributed by atoms with Crippen molar-refractivity contribution in [3.63, 3.8) is 0 Å². The fraction of sp³-hybridized carbons (Fsp3) is 0.455. The van der Waals surface area contributed by atoms with Gasteiger partial charge in [0.15, 0.2) is 0 Å². The summed E-state index contributed by atoms with van der Waals surface area (Å²) in [4.78, 5) is 0. The maximum Gasteiger partial charge on any atom is 0.438 e. The molecule has 4 nitrogen and oxygen atoms in total. The van der Waals surface area contributed by atoms with Gasteiger partial charge in [0.2, 0.25) is 0 Å². The first-order valence-electron chi connectivity index (χ1n) is 6.19. The monoisotopic (exact) mass is 382 g/mol. The van der Waals surface area contributed by atoms with E-state index in [1.54, 1.807) is 0 Å². The van der Waals surface area contributed by atoms with Gasteiger partial charge in [-0.15, -0.1) is 0 Å². The van der Waals surface area contributed by atoms with Crippen molar-refractivity contribution in [3.05, 3.63) is 17.7 Å². The van der Waals surface area contributed by atoms with Gasteiger partial charge in [-0.05, 0) is 5.56 Å². The highest BCUT2D eigenvalue weighted by atomic mass is 32.2. The third-order valence-corrected chi connectivity index (χ3v) is 3.79. The number of alkyl halides is 6. The summed E-state index contributed by atoms with van der Waals surface area (Å²) in [6, 6.07) is 1.72. The summed E-state index contributed by atoms with van der Waals surface area (Å²) in [6.45, 7) is 0. The van der Waals surface area contributed by atoms with Crippen LogP contribution in [-0.2, 0) is 16.4 Å². The molecule has 0 heterocycles. The summed E-state index contributed by atoms with van der Waals surface area (Å²) in [5.41, 5.74) is -6.55. The Labute approximate surface area is 142 Å². The van der Waals surface area contributed by atoms with Crippen LogP contribution in [0.5, 0.6) is 5.75 Å². The predicted molar refractivity (Wildman–Crippen MR) is 78.6 cm³/mol. The molecule has 132 valence electrons. The molecule has 1 N–H and O–H groups in total. The highest BCUT2D eigenvalue weighted by Gasteiger charge is 2.75. The molecule has 14 heteroatoms. The molecule has 0 aliphatic heterocycles. The second-order valence-electron chi connectivity index (χ2n) is 4.95. The van der Waals surface area contributed by atoms with Crippen LogP contribution in [0.25, 0.3) is 0 Å². The van der Waals surface area contributed by atoms with Crippen molar-refractivity contribution < 1.29 is 44.0 Å². The van der Waals surface area contributed by atoms with E-state index in [-0.39, 0.29) is 5.46 Å². The third kappa shape index (κ3) is 4.66. The molecule has 1 aromatic carbocycles. The second kappa shape index (κ2) is 6.78. The molecule has 0 aromatic heterocycles. The van der Waals surface area contributed by atoms with Crippen LogP contribution in [-0.4, -0.2) is 60.2 Å². The average molecular weight is 382 g/mol. The van der Waals surface area contributed by atoms with Gasteiger partial charge in [0.05, 0.1) is 7.85 Å². The van der Waals surface area contributed by atoms with E-state index in [9.17, 15) is 34.8 Å². The molecular formula is C11H7B3F6O4S. The molecule has 0 amide bonds. The minimum absolute atomic E-state index is 0.121. The molecule has 0 saturated carbocycles. The Bertz CT molecular complexity index is 733. The van der Waals surface area contributed by atoms with E-state index in [4.69, 9.17) is 28.1 Å². The molecule has 0 bridgehead atoms. The Morgan fingerprint density at radius 2 is 1.52 bits per heavy atom. The SMILES string of the molecule is [B]Cc1cc([B])cc([B])c1OC(CS(=O)(=O)O)(C(F)(F)F)C(F)(F)F. The highest BCUT2D eigenvalue weighted by Crippen LogP contribution is 2.47. The highest BCUT2D eigenvalue weighted by molar-refractivity contribution is 7.85. The summed E-state index contributed by atoms with van der Waals surface area (Å²) in [5.74, 6) is -3.98. The van der Waals surface area contributed by atoms with Gasteiger partial charge < -0.3 is 4.74 Å². The lowest BCUT2D eigenvalue weighted by molar-refractivity contribution is -0.348. The number of ether oxygens (including phenoxy) is 1. The fourth-order valence-electron chi connectivity index (χ4n) is 1.92. The van der Waals surface area contributed by atoms with Gasteiger partial charge in [0.1, 0.15) is 27.2 Å². The quantitative estimate of drug-likeness (QED) is 0.445. The van der Waals surface area contributed by atoms with E-state index in [0.717, 1.165) is 12.1 Å². The molecular weight excluding hydrogens is 375 g/mol.